The van der Waals surface area contributed by atoms with Crippen LogP contribution in [0.2, 0.25) is 0 Å². The standard InChI is InChI=1S/C16H17FO3/c1-19-10-11-5-3-4-6-13(11)16(18)14-8-7-12(20-2)9-15(14)17/h3-9,16,18H,10H2,1-2H3. The molecule has 20 heavy (non-hydrogen) atoms. The van der Waals surface area contributed by atoms with Crippen LogP contribution >= 0.6 is 0 Å². The quantitative estimate of drug-likeness (QED) is 0.912. The predicted octanol–water partition coefficient (Wildman–Crippen LogP) is 3.06. The van der Waals surface area contributed by atoms with Gasteiger partial charge < -0.3 is 14.6 Å². The molecule has 0 aliphatic heterocycles. The molecule has 0 spiro atoms. The molecule has 1 atom stereocenters. The van der Waals surface area contributed by atoms with Crippen LogP contribution in [-0.2, 0) is 11.3 Å². The molecule has 2 aromatic rings. The Labute approximate surface area is 117 Å². The average Bonchev–Trinajstić information content (AvgIpc) is 2.47. The molecule has 0 saturated carbocycles. The summed E-state index contributed by atoms with van der Waals surface area (Å²) in [6.07, 6.45) is -1.03. The molecule has 2 rings (SSSR count). The summed E-state index contributed by atoms with van der Waals surface area (Å²) in [7, 11) is 3.05. The summed E-state index contributed by atoms with van der Waals surface area (Å²) in [4.78, 5) is 0. The molecule has 2 aromatic carbocycles. The summed E-state index contributed by atoms with van der Waals surface area (Å²) in [6, 6.07) is 11.7. The first-order valence-corrected chi connectivity index (χ1v) is 6.25. The third kappa shape index (κ3) is 2.98. The first-order chi connectivity index (χ1) is 9.67. The third-order valence-electron chi connectivity index (χ3n) is 3.15. The molecule has 0 fully saturated rings. The minimum atomic E-state index is -1.03. The maximum absolute atomic E-state index is 14.0. The molecule has 1 unspecified atom stereocenters. The van der Waals surface area contributed by atoms with E-state index in [1.165, 1.54) is 19.2 Å². The monoisotopic (exact) mass is 276 g/mol. The number of hydrogen-bond acceptors (Lipinski definition) is 3. The van der Waals surface area contributed by atoms with Gasteiger partial charge >= 0.3 is 0 Å². The zero-order valence-corrected chi connectivity index (χ0v) is 11.5. The highest BCUT2D eigenvalue weighted by atomic mass is 19.1. The third-order valence-corrected chi connectivity index (χ3v) is 3.15. The van der Waals surface area contributed by atoms with Crippen LogP contribution in [0, 0.1) is 5.82 Å². The lowest BCUT2D eigenvalue weighted by molar-refractivity contribution is 0.175. The second-order valence-electron chi connectivity index (χ2n) is 4.42. The van der Waals surface area contributed by atoms with E-state index >= 15 is 0 Å². The van der Waals surface area contributed by atoms with Crippen molar-refractivity contribution >= 4 is 0 Å². The smallest absolute Gasteiger partial charge is 0.133 e. The summed E-state index contributed by atoms with van der Waals surface area (Å²) >= 11 is 0. The Kier molecular flexibility index (Phi) is 4.71. The highest BCUT2D eigenvalue weighted by Crippen LogP contribution is 2.29. The van der Waals surface area contributed by atoms with Crippen molar-refractivity contribution in [1.82, 2.24) is 0 Å². The number of aliphatic hydroxyl groups is 1. The van der Waals surface area contributed by atoms with E-state index in [2.05, 4.69) is 0 Å². The lowest BCUT2D eigenvalue weighted by Crippen LogP contribution is -2.06. The van der Waals surface area contributed by atoms with Crippen LogP contribution in [0.5, 0.6) is 5.75 Å². The maximum atomic E-state index is 14.0. The Morgan fingerprint density at radius 1 is 1.10 bits per heavy atom. The number of halogens is 1. The van der Waals surface area contributed by atoms with Gasteiger partial charge in [0, 0.05) is 18.7 Å². The van der Waals surface area contributed by atoms with Gasteiger partial charge in [-0.1, -0.05) is 24.3 Å². The van der Waals surface area contributed by atoms with E-state index in [1.807, 2.05) is 12.1 Å². The van der Waals surface area contributed by atoms with Gasteiger partial charge in [-0.3, -0.25) is 0 Å². The SMILES string of the molecule is COCc1ccccc1C(O)c1ccc(OC)cc1F. The summed E-state index contributed by atoms with van der Waals surface area (Å²) in [5.41, 5.74) is 1.69. The van der Waals surface area contributed by atoms with Gasteiger partial charge in [-0.25, -0.2) is 4.39 Å². The van der Waals surface area contributed by atoms with Gasteiger partial charge in [-0.05, 0) is 23.3 Å². The van der Waals surface area contributed by atoms with Gasteiger partial charge in [0.1, 0.15) is 17.7 Å². The fourth-order valence-corrected chi connectivity index (χ4v) is 2.11. The molecule has 0 aromatic heterocycles. The van der Waals surface area contributed by atoms with Crippen LogP contribution in [0.3, 0.4) is 0 Å². The Bertz CT molecular complexity index is 584. The van der Waals surface area contributed by atoms with E-state index < -0.39 is 11.9 Å². The van der Waals surface area contributed by atoms with E-state index in [4.69, 9.17) is 9.47 Å². The van der Waals surface area contributed by atoms with E-state index in [0.29, 0.717) is 17.9 Å². The van der Waals surface area contributed by atoms with Crippen LogP contribution in [0.1, 0.15) is 22.8 Å². The Morgan fingerprint density at radius 2 is 1.85 bits per heavy atom. The summed E-state index contributed by atoms with van der Waals surface area (Å²) in [5, 5.41) is 10.4. The van der Waals surface area contributed by atoms with Crippen molar-refractivity contribution in [2.24, 2.45) is 0 Å². The van der Waals surface area contributed by atoms with Crippen molar-refractivity contribution in [3.05, 3.63) is 65.0 Å². The molecule has 0 aliphatic rings. The molecule has 0 radical (unpaired) electrons. The number of aliphatic hydroxyl groups excluding tert-OH is 1. The van der Waals surface area contributed by atoms with Crippen molar-refractivity contribution in [2.45, 2.75) is 12.7 Å². The van der Waals surface area contributed by atoms with Crippen LogP contribution in [0.4, 0.5) is 4.39 Å². The molecular formula is C16H17FO3. The van der Waals surface area contributed by atoms with E-state index in [0.717, 1.165) is 5.56 Å². The summed E-state index contributed by atoms with van der Waals surface area (Å²) in [6.45, 7) is 0.366. The fraction of sp³-hybridized carbons (Fsp3) is 0.250. The molecule has 0 saturated heterocycles. The minimum Gasteiger partial charge on any atom is -0.497 e. The van der Waals surface area contributed by atoms with Crippen molar-refractivity contribution < 1.29 is 19.0 Å². The largest absolute Gasteiger partial charge is 0.497 e. The number of ether oxygens (including phenoxy) is 2. The van der Waals surface area contributed by atoms with Gasteiger partial charge in [0.05, 0.1) is 13.7 Å². The lowest BCUT2D eigenvalue weighted by atomic mass is 9.96. The van der Waals surface area contributed by atoms with Crippen molar-refractivity contribution in [1.29, 1.82) is 0 Å². The normalized spacial score (nSPS) is 12.2. The number of methoxy groups -OCH3 is 2. The molecule has 0 aliphatic carbocycles. The second-order valence-corrected chi connectivity index (χ2v) is 4.42. The highest BCUT2D eigenvalue weighted by molar-refractivity contribution is 5.38. The van der Waals surface area contributed by atoms with Gasteiger partial charge in [-0.15, -0.1) is 0 Å². The summed E-state index contributed by atoms with van der Waals surface area (Å²) < 4.78 is 24.1. The first kappa shape index (κ1) is 14.5. The maximum Gasteiger partial charge on any atom is 0.133 e. The van der Waals surface area contributed by atoms with E-state index in [9.17, 15) is 9.50 Å². The first-order valence-electron chi connectivity index (χ1n) is 6.25. The Morgan fingerprint density at radius 3 is 2.50 bits per heavy atom. The lowest BCUT2D eigenvalue weighted by Gasteiger charge is -2.16. The Hall–Kier alpha value is -1.91. The van der Waals surface area contributed by atoms with Gasteiger partial charge in [-0.2, -0.15) is 0 Å². The minimum absolute atomic E-state index is 0.217. The highest BCUT2D eigenvalue weighted by Gasteiger charge is 2.18. The van der Waals surface area contributed by atoms with Crippen LogP contribution in [-0.4, -0.2) is 19.3 Å². The topological polar surface area (TPSA) is 38.7 Å². The molecule has 106 valence electrons. The van der Waals surface area contributed by atoms with Gasteiger partial charge in [0.2, 0.25) is 0 Å². The molecule has 0 amide bonds. The van der Waals surface area contributed by atoms with Crippen molar-refractivity contribution in [3.63, 3.8) is 0 Å². The predicted molar refractivity (Wildman–Crippen MR) is 74.2 cm³/mol. The van der Waals surface area contributed by atoms with Crippen molar-refractivity contribution in [2.75, 3.05) is 14.2 Å². The van der Waals surface area contributed by atoms with Crippen molar-refractivity contribution in [3.8, 4) is 5.75 Å². The number of benzene rings is 2. The van der Waals surface area contributed by atoms with E-state index in [-0.39, 0.29) is 5.56 Å². The van der Waals surface area contributed by atoms with Gasteiger partial charge in [0.25, 0.3) is 0 Å². The average molecular weight is 276 g/mol. The molecule has 3 nitrogen and oxygen atoms in total. The van der Waals surface area contributed by atoms with Gasteiger partial charge in [0.15, 0.2) is 0 Å². The molecular weight excluding hydrogens is 259 g/mol. The molecule has 0 heterocycles. The Balaban J connectivity index is 2.38. The fourth-order valence-electron chi connectivity index (χ4n) is 2.11. The van der Waals surface area contributed by atoms with E-state index in [1.54, 1.807) is 25.3 Å². The molecule has 4 heteroatoms. The second kappa shape index (κ2) is 6.50. The van der Waals surface area contributed by atoms with Crippen LogP contribution in [0.25, 0.3) is 0 Å². The zero-order chi connectivity index (χ0) is 14.5. The zero-order valence-electron chi connectivity index (χ0n) is 11.5. The number of rotatable bonds is 5. The molecule has 1 N–H and O–H groups in total. The van der Waals surface area contributed by atoms with Crippen LogP contribution < -0.4 is 4.74 Å². The van der Waals surface area contributed by atoms with Crippen LogP contribution in [0.15, 0.2) is 42.5 Å². The number of hydrogen-bond donors (Lipinski definition) is 1. The summed E-state index contributed by atoms with van der Waals surface area (Å²) in [5.74, 6) is -0.0762. The molecule has 0 bridgehead atoms.